The number of aryl methyl sites for hydroxylation is 1. The third kappa shape index (κ3) is 6.04. The third-order valence-electron chi connectivity index (χ3n) is 4.67. The summed E-state index contributed by atoms with van der Waals surface area (Å²) in [5.41, 5.74) is 4.13. The highest BCUT2D eigenvalue weighted by Gasteiger charge is 2.28. The van der Waals surface area contributed by atoms with Gasteiger partial charge in [0.1, 0.15) is 12.3 Å². The number of amides is 1. The van der Waals surface area contributed by atoms with Crippen LogP contribution in [0.15, 0.2) is 76.7 Å². The predicted molar refractivity (Wildman–Crippen MR) is 131 cm³/mol. The standard InChI is InChI=1S/C23H21Cl2N3O4S/c1-15-7-9-20(10-8-15)33(31,32)28(19-12-17(24)11-18(25)13-19)14-23(30)27-26-16(2)21-5-3-4-6-22(21)29/h3-13,29H,14H2,1-2H3,(H,27,30)/b26-16-. The zero-order valence-electron chi connectivity index (χ0n) is 17.8. The number of carbonyl (C=O) groups is 1. The smallest absolute Gasteiger partial charge is 0.264 e. The second kappa shape index (κ2) is 10.2. The summed E-state index contributed by atoms with van der Waals surface area (Å²) in [5, 5.41) is 14.4. The Hall–Kier alpha value is -3.07. The number of phenols is 1. The Morgan fingerprint density at radius 3 is 2.24 bits per heavy atom. The minimum atomic E-state index is -4.13. The molecule has 3 aromatic rings. The molecule has 1 amide bonds. The van der Waals surface area contributed by atoms with Crippen LogP contribution in [-0.4, -0.2) is 31.7 Å². The molecule has 7 nitrogen and oxygen atoms in total. The van der Waals surface area contributed by atoms with Crippen molar-refractivity contribution in [3.63, 3.8) is 0 Å². The molecule has 0 atom stereocenters. The lowest BCUT2D eigenvalue weighted by molar-refractivity contribution is -0.119. The number of hydrazone groups is 1. The highest BCUT2D eigenvalue weighted by atomic mass is 35.5. The molecule has 0 radical (unpaired) electrons. The van der Waals surface area contributed by atoms with Gasteiger partial charge in [-0.25, -0.2) is 13.8 Å². The molecule has 10 heteroatoms. The quantitative estimate of drug-likeness (QED) is 0.357. The van der Waals surface area contributed by atoms with Crippen LogP contribution >= 0.6 is 23.2 Å². The Bertz CT molecular complexity index is 1290. The predicted octanol–water partition coefficient (Wildman–Crippen LogP) is 4.74. The summed E-state index contributed by atoms with van der Waals surface area (Å²) in [6.07, 6.45) is 0. The van der Waals surface area contributed by atoms with E-state index in [1.54, 1.807) is 37.3 Å². The summed E-state index contributed by atoms with van der Waals surface area (Å²) in [5.74, 6) is -0.693. The molecule has 0 spiro atoms. The van der Waals surface area contributed by atoms with Gasteiger partial charge in [-0.05, 0) is 56.3 Å². The SMILES string of the molecule is C/C(=N/NC(=O)CN(c1cc(Cl)cc(Cl)c1)S(=O)(=O)c1ccc(C)cc1)c1ccccc1O. The number of anilines is 1. The van der Waals surface area contributed by atoms with Gasteiger partial charge < -0.3 is 5.11 Å². The van der Waals surface area contributed by atoms with Crippen molar-refractivity contribution in [1.29, 1.82) is 0 Å². The summed E-state index contributed by atoms with van der Waals surface area (Å²) >= 11 is 12.2. The number of sulfonamides is 1. The van der Waals surface area contributed by atoms with Crippen LogP contribution in [0.4, 0.5) is 5.69 Å². The second-order valence-electron chi connectivity index (χ2n) is 7.20. The van der Waals surface area contributed by atoms with E-state index in [2.05, 4.69) is 10.5 Å². The number of rotatable bonds is 7. The number of halogens is 2. The van der Waals surface area contributed by atoms with Crippen molar-refractivity contribution in [2.75, 3.05) is 10.8 Å². The maximum absolute atomic E-state index is 13.4. The number of aromatic hydroxyl groups is 1. The molecule has 0 heterocycles. The van der Waals surface area contributed by atoms with Crippen molar-refractivity contribution in [3.05, 3.63) is 87.9 Å². The van der Waals surface area contributed by atoms with Crippen molar-refractivity contribution < 1.29 is 18.3 Å². The first-order chi connectivity index (χ1) is 15.6. The van der Waals surface area contributed by atoms with E-state index in [1.165, 1.54) is 36.4 Å². The van der Waals surface area contributed by atoms with E-state index in [0.29, 0.717) is 11.3 Å². The van der Waals surface area contributed by atoms with Crippen LogP contribution in [0.1, 0.15) is 18.1 Å². The molecule has 3 rings (SSSR count). The first-order valence-electron chi connectivity index (χ1n) is 9.75. The fourth-order valence-electron chi connectivity index (χ4n) is 2.99. The van der Waals surface area contributed by atoms with Crippen LogP contribution in [0.25, 0.3) is 0 Å². The molecule has 0 aliphatic heterocycles. The molecule has 0 aromatic heterocycles. The van der Waals surface area contributed by atoms with Crippen molar-refractivity contribution in [1.82, 2.24) is 5.43 Å². The molecule has 0 saturated heterocycles. The summed E-state index contributed by atoms with van der Waals surface area (Å²) in [4.78, 5) is 12.7. The molecule has 0 bridgehead atoms. The van der Waals surface area contributed by atoms with Gasteiger partial charge in [0, 0.05) is 15.6 Å². The van der Waals surface area contributed by atoms with Gasteiger partial charge in [0.2, 0.25) is 0 Å². The average molecular weight is 506 g/mol. The molecule has 33 heavy (non-hydrogen) atoms. The van der Waals surface area contributed by atoms with Crippen molar-refractivity contribution >= 4 is 50.5 Å². The number of nitrogens with one attached hydrogen (secondary N) is 1. The lowest BCUT2D eigenvalue weighted by atomic mass is 10.1. The van der Waals surface area contributed by atoms with Crippen LogP contribution in [-0.2, 0) is 14.8 Å². The van der Waals surface area contributed by atoms with Crippen LogP contribution in [0.3, 0.4) is 0 Å². The van der Waals surface area contributed by atoms with E-state index in [4.69, 9.17) is 23.2 Å². The monoisotopic (exact) mass is 505 g/mol. The molecule has 3 aromatic carbocycles. The van der Waals surface area contributed by atoms with Gasteiger partial charge in [-0.3, -0.25) is 9.10 Å². The number of benzene rings is 3. The normalized spacial score (nSPS) is 11.8. The molecule has 172 valence electrons. The number of phenolic OH excluding ortho intramolecular Hbond substituents is 1. The molecule has 0 aliphatic rings. The number of hydrogen-bond acceptors (Lipinski definition) is 5. The minimum Gasteiger partial charge on any atom is -0.507 e. The number of nitrogens with zero attached hydrogens (tertiary/aromatic N) is 2. The lowest BCUT2D eigenvalue weighted by Gasteiger charge is -2.24. The van der Waals surface area contributed by atoms with E-state index in [-0.39, 0.29) is 26.4 Å². The van der Waals surface area contributed by atoms with Gasteiger partial charge in [0.25, 0.3) is 15.9 Å². The molecule has 0 fully saturated rings. The van der Waals surface area contributed by atoms with Crippen molar-refractivity contribution in [3.8, 4) is 5.75 Å². The van der Waals surface area contributed by atoms with Crippen LogP contribution in [0.2, 0.25) is 10.0 Å². The van der Waals surface area contributed by atoms with Gasteiger partial charge in [-0.15, -0.1) is 0 Å². The summed E-state index contributed by atoms with van der Waals surface area (Å²) in [6, 6.07) is 17.0. The third-order valence-corrected chi connectivity index (χ3v) is 6.90. The number of hydrogen-bond donors (Lipinski definition) is 2. The summed E-state index contributed by atoms with van der Waals surface area (Å²) < 4.78 is 27.7. The van der Waals surface area contributed by atoms with Gasteiger partial charge in [-0.2, -0.15) is 5.10 Å². The zero-order valence-corrected chi connectivity index (χ0v) is 20.1. The zero-order chi connectivity index (χ0) is 24.2. The molecular weight excluding hydrogens is 485 g/mol. The van der Waals surface area contributed by atoms with E-state index in [1.807, 2.05) is 6.92 Å². The van der Waals surface area contributed by atoms with Crippen molar-refractivity contribution in [2.45, 2.75) is 18.7 Å². The fraction of sp³-hybridized carbons (Fsp3) is 0.130. The Labute approximate surface area is 202 Å². The maximum atomic E-state index is 13.4. The maximum Gasteiger partial charge on any atom is 0.264 e. The Morgan fingerprint density at radius 1 is 1.03 bits per heavy atom. The van der Waals surface area contributed by atoms with E-state index < -0.39 is 22.5 Å². The summed E-state index contributed by atoms with van der Waals surface area (Å²) in [7, 11) is -4.13. The Balaban J connectivity index is 1.93. The highest BCUT2D eigenvalue weighted by molar-refractivity contribution is 7.92. The van der Waals surface area contributed by atoms with Gasteiger partial charge in [0.15, 0.2) is 0 Å². The van der Waals surface area contributed by atoms with E-state index in [9.17, 15) is 18.3 Å². The Morgan fingerprint density at radius 2 is 1.64 bits per heavy atom. The molecule has 0 unspecified atom stereocenters. The van der Waals surface area contributed by atoms with Gasteiger partial charge >= 0.3 is 0 Å². The Kier molecular flexibility index (Phi) is 7.63. The minimum absolute atomic E-state index is 0.00476. The van der Waals surface area contributed by atoms with Crippen molar-refractivity contribution in [2.24, 2.45) is 5.10 Å². The topological polar surface area (TPSA) is 99.1 Å². The van der Waals surface area contributed by atoms with Crippen LogP contribution in [0, 0.1) is 6.92 Å². The largest absolute Gasteiger partial charge is 0.507 e. The second-order valence-corrected chi connectivity index (χ2v) is 9.94. The highest BCUT2D eigenvalue weighted by Crippen LogP contribution is 2.29. The fourth-order valence-corrected chi connectivity index (χ4v) is 4.91. The van der Waals surface area contributed by atoms with Crippen LogP contribution in [0.5, 0.6) is 5.75 Å². The molecule has 0 saturated carbocycles. The molecular formula is C23H21Cl2N3O4S. The lowest BCUT2D eigenvalue weighted by Crippen LogP contribution is -2.39. The van der Waals surface area contributed by atoms with Gasteiger partial charge in [0.05, 0.1) is 16.3 Å². The van der Waals surface area contributed by atoms with Gasteiger partial charge in [-0.1, -0.05) is 53.0 Å². The first-order valence-corrected chi connectivity index (χ1v) is 11.9. The average Bonchev–Trinajstić information content (AvgIpc) is 2.75. The van der Waals surface area contributed by atoms with E-state index in [0.717, 1.165) is 9.87 Å². The molecule has 0 aliphatic carbocycles. The van der Waals surface area contributed by atoms with E-state index >= 15 is 0 Å². The number of carbonyl (C=O) groups excluding carboxylic acids is 1. The van der Waals surface area contributed by atoms with Crippen LogP contribution < -0.4 is 9.73 Å². The number of para-hydroxylation sites is 1. The first kappa shape index (κ1) is 24.6. The summed E-state index contributed by atoms with van der Waals surface area (Å²) in [6.45, 7) is 2.86. The molecule has 2 N–H and O–H groups in total.